The molecule has 2 N–H and O–H groups in total. The molecule has 1 amide bonds. The molecule has 0 radical (unpaired) electrons. The summed E-state index contributed by atoms with van der Waals surface area (Å²) in [5.74, 6) is -1.10. The van der Waals surface area contributed by atoms with Crippen molar-refractivity contribution in [3.8, 4) is 11.5 Å². The maximum absolute atomic E-state index is 13.1. The summed E-state index contributed by atoms with van der Waals surface area (Å²) in [5, 5.41) is 11.0. The highest BCUT2D eigenvalue weighted by atomic mass is 19.4. The Morgan fingerprint density at radius 3 is 2.33 bits per heavy atom. The summed E-state index contributed by atoms with van der Waals surface area (Å²) in [4.78, 5) is 29.3. The van der Waals surface area contributed by atoms with Crippen LogP contribution < -0.4 is 15.2 Å². The van der Waals surface area contributed by atoms with Crippen molar-refractivity contribution < 1.29 is 27.8 Å². The van der Waals surface area contributed by atoms with E-state index in [4.69, 9.17) is 4.74 Å². The van der Waals surface area contributed by atoms with Gasteiger partial charge in [0.1, 0.15) is 17.1 Å². The molecule has 30 heavy (non-hydrogen) atoms. The summed E-state index contributed by atoms with van der Waals surface area (Å²) in [5.41, 5.74) is -1.07. The van der Waals surface area contributed by atoms with Crippen molar-refractivity contribution in [1.82, 2.24) is 4.98 Å². The second-order valence-corrected chi connectivity index (χ2v) is 6.61. The fraction of sp³-hybridized carbons (Fsp3) is 0.238. The molecule has 0 saturated carbocycles. The van der Waals surface area contributed by atoms with Crippen LogP contribution >= 0.6 is 0 Å². The smallest absolute Gasteiger partial charge is 0.416 e. The zero-order valence-electron chi connectivity index (χ0n) is 16.4. The van der Waals surface area contributed by atoms with Crippen LogP contribution in [0.4, 0.5) is 18.9 Å². The first-order chi connectivity index (χ1) is 14.1. The molecular formula is C21H19F3N2O4. The first-order valence-corrected chi connectivity index (χ1v) is 9.01. The molecule has 0 spiro atoms. The number of fused-ring (bicyclic) bond motifs is 1. The Bertz CT molecular complexity index is 1170. The lowest BCUT2D eigenvalue weighted by atomic mass is 10.1. The maximum atomic E-state index is 13.1. The number of halogens is 3. The molecule has 0 saturated heterocycles. The SMILES string of the molecule is CCN(C(=O)c1c(O)c2c(OC)c(C)ccc2[nH]c1=O)c1ccc(C(F)(F)F)cc1. The number of hydrogen-bond acceptors (Lipinski definition) is 4. The van der Waals surface area contributed by atoms with Gasteiger partial charge < -0.3 is 19.7 Å². The van der Waals surface area contributed by atoms with E-state index in [1.54, 1.807) is 26.0 Å². The molecule has 0 bridgehead atoms. The number of aromatic hydroxyl groups is 1. The Morgan fingerprint density at radius 1 is 1.17 bits per heavy atom. The average molecular weight is 420 g/mol. The van der Waals surface area contributed by atoms with Gasteiger partial charge in [0.2, 0.25) is 0 Å². The number of rotatable bonds is 4. The van der Waals surface area contributed by atoms with Crippen LogP contribution in [-0.4, -0.2) is 29.7 Å². The van der Waals surface area contributed by atoms with Crippen molar-refractivity contribution in [1.29, 1.82) is 0 Å². The minimum atomic E-state index is -4.51. The second kappa shape index (κ2) is 7.74. The first kappa shape index (κ1) is 21.2. The fourth-order valence-corrected chi connectivity index (χ4v) is 3.31. The number of alkyl halides is 3. The van der Waals surface area contributed by atoms with Gasteiger partial charge in [0.05, 0.1) is 23.6 Å². The normalized spacial score (nSPS) is 11.5. The highest BCUT2D eigenvalue weighted by molar-refractivity contribution is 6.11. The third-order valence-corrected chi connectivity index (χ3v) is 4.79. The summed E-state index contributed by atoms with van der Waals surface area (Å²) in [6.07, 6.45) is -4.51. The van der Waals surface area contributed by atoms with Gasteiger partial charge in [-0.25, -0.2) is 0 Å². The number of carbonyl (C=O) groups is 1. The van der Waals surface area contributed by atoms with Gasteiger partial charge in [-0.1, -0.05) is 6.07 Å². The lowest BCUT2D eigenvalue weighted by molar-refractivity contribution is -0.137. The second-order valence-electron chi connectivity index (χ2n) is 6.61. The van der Waals surface area contributed by atoms with E-state index in [-0.39, 0.29) is 23.1 Å². The zero-order valence-corrected chi connectivity index (χ0v) is 16.4. The Morgan fingerprint density at radius 2 is 1.80 bits per heavy atom. The summed E-state index contributed by atoms with van der Waals surface area (Å²) in [6, 6.07) is 7.25. The molecule has 0 aliphatic carbocycles. The Labute approximate surface area is 169 Å². The molecular weight excluding hydrogens is 401 g/mol. The van der Waals surface area contributed by atoms with E-state index >= 15 is 0 Å². The molecule has 1 aromatic heterocycles. The molecule has 3 rings (SSSR count). The van der Waals surface area contributed by atoms with Crippen LogP contribution in [0.3, 0.4) is 0 Å². The van der Waals surface area contributed by atoms with Crippen LogP contribution in [0.1, 0.15) is 28.4 Å². The molecule has 0 aliphatic rings. The molecule has 1 heterocycles. The number of nitrogens with one attached hydrogen (secondary N) is 1. The van der Waals surface area contributed by atoms with Gasteiger partial charge in [0.25, 0.3) is 11.5 Å². The number of amides is 1. The lowest BCUT2D eigenvalue weighted by Gasteiger charge is -2.22. The number of H-pyrrole nitrogens is 1. The van der Waals surface area contributed by atoms with Gasteiger partial charge >= 0.3 is 6.18 Å². The molecule has 0 aliphatic heterocycles. The summed E-state index contributed by atoms with van der Waals surface area (Å²) in [6.45, 7) is 3.41. The van der Waals surface area contributed by atoms with Crippen LogP contribution in [-0.2, 0) is 6.18 Å². The van der Waals surface area contributed by atoms with E-state index in [1.807, 2.05) is 0 Å². The van der Waals surface area contributed by atoms with E-state index in [0.717, 1.165) is 29.2 Å². The number of aromatic nitrogens is 1. The van der Waals surface area contributed by atoms with Crippen molar-refractivity contribution in [3.63, 3.8) is 0 Å². The Balaban J connectivity index is 2.14. The first-order valence-electron chi connectivity index (χ1n) is 9.01. The number of benzene rings is 2. The topological polar surface area (TPSA) is 82.6 Å². The van der Waals surface area contributed by atoms with Crippen LogP contribution in [0.2, 0.25) is 0 Å². The minimum Gasteiger partial charge on any atom is -0.506 e. The quantitative estimate of drug-likeness (QED) is 0.662. The number of ether oxygens (including phenoxy) is 1. The van der Waals surface area contributed by atoms with Crippen LogP contribution in [0, 0.1) is 6.92 Å². The van der Waals surface area contributed by atoms with Crippen molar-refractivity contribution in [2.75, 3.05) is 18.6 Å². The van der Waals surface area contributed by atoms with E-state index in [1.165, 1.54) is 7.11 Å². The average Bonchev–Trinajstić information content (AvgIpc) is 2.68. The van der Waals surface area contributed by atoms with Gasteiger partial charge in [0, 0.05) is 12.2 Å². The number of pyridine rings is 1. The van der Waals surface area contributed by atoms with Gasteiger partial charge in [0.15, 0.2) is 0 Å². The highest BCUT2D eigenvalue weighted by Gasteiger charge is 2.31. The van der Waals surface area contributed by atoms with Crippen molar-refractivity contribution >= 4 is 22.5 Å². The van der Waals surface area contributed by atoms with Gasteiger partial charge in [-0.05, 0) is 49.7 Å². The third-order valence-electron chi connectivity index (χ3n) is 4.79. The number of aryl methyl sites for hydroxylation is 1. The molecule has 9 heteroatoms. The summed E-state index contributed by atoms with van der Waals surface area (Å²) < 4.78 is 43.8. The zero-order chi connectivity index (χ0) is 22.2. The third kappa shape index (κ3) is 3.58. The standard InChI is InChI=1S/C21H19F3N2O4/c1-4-26(13-8-6-12(7-9-13)21(22,23)24)20(29)16-17(27)15-14(25-19(16)28)10-5-11(2)18(15)30-3/h5-10H,4H2,1-3H3,(H2,25,27,28). The maximum Gasteiger partial charge on any atom is 0.416 e. The fourth-order valence-electron chi connectivity index (χ4n) is 3.31. The lowest BCUT2D eigenvalue weighted by Crippen LogP contribution is -2.35. The van der Waals surface area contributed by atoms with Crippen LogP contribution in [0.15, 0.2) is 41.2 Å². The molecule has 0 fully saturated rings. The van der Waals surface area contributed by atoms with Crippen LogP contribution in [0.5, 0.6) is 11.5 Å². The van der Waals surface area contributed by atoms with E-state index in [2.05, 4.69) is 4.98 Å². The molecule has 158 valence electrons. The number of methoxy groups -OCH3 is 1. The summed E-state index contributed by atoms with van der Waals surface area (Å²) >= 11 is 0. The highest BCUT2D eigenvalue weighted by Crippen LogP contribution is 2.36. The van der Waals surface area contributed by atoms with Crippen molar-refractivity contribution in [2.24, 2.45) is 0 Å². The largest absolute Gasteiger partial charge is 0.506 e. The van der Waals surface area contributed by atoms with Gasteiger partial charge in [-0.3, -0.25) is 9.59 Å². The molecule has 0 unspecified atom stereocenters. The predicted octanol–water partition coefficient (Wildman–Crippen LogP) is 4.24. The van der Waals surface area contributed by atoms with E-state index in [0.29, 0.717) is 11.3 Å². The van der Waals surface area contributed by atoms with Gasteiger partial charge in [-0.2, -0.15) is 13.2 Å². The summed E-state index contributed by atoms with van der Waals surface area (Å²) in [7, 11) is 1.40. The molecule has 2 aromatic carbocycles. The van der Waals surface area contributed by atoms with Gasteiger partial charge in [-0.15, -0.1) is 0 Å². The van der Waals surface area contributed by atoms with E-state index in [9.17, 15) is 27.9 Å². The number of carbonyl (C=O) groups excluding carboxylic acids is 1. The molecule has 3 aromatic rings. The monoisotopic (exact) mass is 420 g/mol. The van der Waals surface area contributed by atoms with E-state index < -0.39 is 34.5 Å². The number of anilines is 1. The number of hydrogen-bond donors (Lipinski definition) is 2. The van der Waals surface area contributed by atoms with Crippen molar-refractivity contribution in [3.05, 3.63) is 63.4 Å². The Hall–Kier alpha value is -3.49. The molecule has 6 nitrogen and oxygen atoms in total. The Kier molecular flexibility index (Phi) is 5.47. The van der Waals surface area contributed by atoms with Crippen LogP contribution in [0.25, 0.3) is 10.9 Å². The molecule has 0 atom stereocenters. The number of aromatic amines is 1. The predicted molar refractivity (Wildman–Crippen MR) is 106 cm³/mol. The number of nitrogens with zero attached hydrogens (tertiary/aromatic N) is 1. The minimum absolute atomic E-state index is 0.0616. The van der Waals surface area contributed by atoms with Crippen molar-refractivity contribution in [2.45, 2.75) is 20.0 Å².